The van der Waals surface area contributed by atoms with Crippen molar-refractivity contribution in [3.63, 3.8) is 0 Å². The molecule has 0 saturated carbocycles. The number of carbonyl (C=O) groups is 3. The van der Waals surface area contributed by atoms with E-state index < -0.39 is 17.8 Å². The molecule has 0 fully saturated rings. The van der Waals surface area contributed by atoms with E-state index in [1.807, 2.05) is 0 Å². The predicted molar refractivity (Wildman–Crippen MR) is 94.5 cm³/mol. The highest BCUT2D eigenvalue weighted by Gasteiger charge is 2.26. The van der Waals surface area contributed by atoms with Gasteiger partial charge in [-0.2, -0.15) is 0 Å². The number of amides is 2. The van der Waals surface area contributed by atoms with Crippen LogP contribution in [-0.2, 0) is 4.74 Å². The minimum absolute atomic E-state index is 0.129. The summed E-state index contributed by atoms with van der Waals surface area (Å²) in [6.45, 7) is 3.42. The molecule has 0 bridgehead atoms. The summed E-state index contributed by atoms with van der Waals surface area (Å²) in [7, 11) is 1.46. The number of carbonyl (C=O) groups excluding carboxylic acids is 3. The number of benzene rings is 1. The number of primary amides is 1. The van der Waals surface area contributed by atoms with Gasteiger partial charge < -0.3 is 20.5 Å². The van der Waals surface area contributed by atoms with Crippen molar-refractivity contribution < 1.29 is 23.9 Å². The van der Waals surface area contributed by atoms with Crippen LogP contribution >= 0.6 is 11.3 Å². The molecular weight excluding hydrogens is 344 g/mol. The van der Waals surface area contributed by atoms with Crippen molar-refractivity contribution in [2.24, 2.45) is 5.73 Å². The number of nitrogens with two attached hydrogens (primary N) is 1. The molecule has 0 atom stereocenters. The molecule has 0 spiro atoms. The monoisotopic (exact) mass is 362 g/mol. The number of para-hydroxylation sites is 1. The third-order valence-electron chi connectivity index (χ3n) is 3.43. The summed E-state index contributed by atoms with van der Waals surface area (Å²) in [6, 6.07) is 6.67. The summed E-state index contributed by atoms with van der Waals surface area (Å²) in [5, 5.41) is 2.86. The molecule has 1 aromatic carbocycles. The number of hydrogen-bond acceptors (Lipinski definition) is 6. The zero-order valence-electron chi connectivity index (χ0n) is 14.0. The molecule has 0 unspecified atom stereocenters. The lowest BCUT2D eigenvalue weighted by molar-refractivity contribution is 0.0527. The second kappa shape index (κ2) is 7.80. The minimum atomic E-state index is -0.675. The van der Waals surface area contributed by atoms with Crippen LogP contribution in [0.1, 0.15) is 42.9 Å². The van der Waals surface area contributed by atoms with Crippen LogP contribution < -0.4 is 15.8 Å². The van der Waals surface area contributed by atoms with Crippen LogP contribution in [0.25, 0.3) is 0 Å². The van der Waals surface area contributed by atoms with Crippen molar-refractivity contribution >= 4 is 34.1 Å². The van der Waals surface area contributed by atoms with Crippen LogP contribution in [0.5, 0.6) is 5.75 Å². The second-order valence-corrected chi connectivity index (χ2v) is 6.02. The molecule has 3 N–H and O–H groups in total. The number of ether oxygens (including phenoxy) is 2. The molecule has 2 amide bonds. The van der Waals surface area contributed by atoms with E-state index in [4.69, 9.17) is 15.2 Å². The highest BCUT2D eigenvalue weighted by atomic mass is 32.1. The molecule has 0 aliphatic carbocycles. The first-order valence-electron chi connectivity index (χ1n) is 7.45. The van der Waals surface area contributed by atoms with Gasteiger partial charge in [0.1, 0.15) is 10.8 Å². The molecule has 0 saturated heterocycles. The van der Waals surface area contributed by atoms with E-state index in [0.717, 1.165) is 11.3 Å². The SMILES string of the molecule is CCOC(=O)c1c(NC(=O)c2ccccc2OC)sc(C(N)=O)c1C. The van der Waals surface area contributed by atoms with Crippen LogP contribution in [0, 0.1) is 6.92 Å². The van der Waals surface area contributed by atoms with Gasteiger partial charge in [-0.1, -0.05) is 12.1 Å². The van der Waals surface area contributed by atoms with Crippen molar-refractivity contribution in [1.82, 2.24) is 0 Å². The van der Waals surface area contributed by atoms with Crippen molar-refractivity contribution in [2.75, 3.05) is 19.0 Å². The van der Waals surface area contributed by atoms with Crippen LogP contribution in [0.2, 0.25) is 0 Å². The molecule has 7 nitrogen and oxygen atoms in total. The van der Waals surface area contributed by atoms with Crippen molar-refractivity contribution in [3.05, 3.63) is 45.8 Å². The Morgan fingerprint density at radius 2 is 1.92 bits per heavy atom. The average Bonchev–Trinajstić information content (AvgIpc) is 2.91. The molecule has 8 heteroatoms. The van der Waals surface area contributed by atoms with E-state index in [-0.39, 0.29) is 22.0 Å². The maximum Gasteiger partial charge on any atom is 0.341 e. The number of methoxy groups -OCH3 is 1. The zero-order chi connectivity index (χ0) is 18.6. The molecule has 1 aromatic heterocycles. The Balaban J connectivity index is 2.44. The van der Waals surface area contributed by atoms with Crippen molar-refractivity contribution in [1.29, 1.82) is 0 Å². The second-order valence-electron chi connectivity index (χ2n) is 5.00. The van der Waals surface area contributed by atoms with Crippen molar-refractivity contribution in [2.45, 2.75) is 13.8 Å². The zero-order valence-corrected chi connectivity index (χ0v) is 14.9. The van der Waals surface area contributed by atoms with Gasteiger partial charge in [0.05, 0.1) is 29.7 Å². The average molecular weight is 362 g/mol. The maximum absolute atomic E-state index is 12.6. The van der Waals surface area contributed by atoms with E-state index in [1.165, 1.54) is 7.11 Å². The number of rotatable bonds is 6. The van der Waals surface area contributed by atoms with Gasteiger partial charge in [0.15, 0.2) is 0 Å². The smallest absolute Gasteiger partial charge is 0.341 e. The molecule has 25 heavy (non-hydrogen) atoms. The Morgan fingerprint density at radius 1 is 1.24 bits per heavy atom. The van der Waals surface area contributed by atoms with Gasteiger partial charge >= 0.3 is 5.97 Å². The van der Waals surface area contributed by atoms with Crippen LogP contribution in [0.3, 0.4) is 0 Å². The van der Waals surface area contributed by atoms with Gasteiger partial charge in [-0.05, 0) is 31.5 Å². The lowest BCUT2D eigenvalue weighted by Crippen LogP contribution is -2.15. The summed E-state index contributed by atoms with van der Waals surface area (Å²) in [5.41, 5.74) is 6.15. The normalized spacial score (nSPS) is 10.2. The third kappa shape index (κ3) is 3.80. The van der Waals surface area contributed by atoms with Gasteiger partial charge in [0, 0.05) is 0 Å². The Hall–Kier alpha value is -2.87. The minimum Gasteiger partial charge on any atom is -0.496 e. The topological polar surface area (TPSA) is 108 Å². The first-order chi connectivity index (χ1) is 11.9. The van der Waals surface area contributed by atoms with E-state index in [1.54, 1.807) is 38.1 Å². The Morgan fingerprint density at radius 3 is 2.52 bits per heavy atom. The molecule has 2 rings (SSSR count). The summed E-state index contributed by atoms with van der Waals surface area (Å²) in [5.74, 6) is -1.38. The summed E-state index contributed by atoms with van der Waals surface area (Å²) in [4.78, 5) is 36.5. The largest absolute Gasteiger partial charge is 0.496 e. The van der Waals surface area contributed by atoms with E-state index in [9.17, 15) is 14.4 Å². The Bertz CT molecular complexity index is 828. The van der Waals surface area contributed by atoms with Crippen LogP contribution in [0.15, 0.2) is 24.3 Å². The van der Waals surface area contributed by atoms with Gasteiger partial charge in [0.25, 0.3) is 11.8 Å². The van der Waals surface area contributed by atoms with E-state index in [2.05, 4.69) is 5.32 Å². The lowest BCUT2D eigenvalue weighted by atomic mass is 10.1. The molecule has 0 aliphatic rings. The fraction of sp³-hybridized carbons (Fsp3) is 0.235. The fourth-order valence-electron chi connectivity index (χ4n) is 2.29. The van der Waals surface area contributed by atoms with Crippen LogP contribution in [0.4, 0.5) is 5.00 Å². The Kier molecular flexibility index (Phi) is 5.76. The quantitative estimate of drug-likeness (QED) is 0.768. The highest BCUT2D eigenvalue weighted by molar-refractivity contribution is 7.18. The molecule has 132 valence electrons. The lowest BCUT2D eigenvalue weighted by Gasteiger charge is -2.09. The molecule has 0 aliphatic heterocycles. The van der Waals surface area contributed by atoms with Gasteiger partial charge in [-0.15, -0.1) is 11.3 Å². The number of anilines is 1. The van der Waals surface area contributed by atoms with E-state index >= 15 is 0 Å². The first kappa shape index (κ1) is 18.5. The van der Waals surface area contributed by atoms with Gasteiger partial charge in [0.2, 0.25) is 0 Å². The maximum atomic E-state index is 12.6. The Labute approximate surface area is 148 Å². The van der Waals surface area contributed by atoms with Gasteiger partial charge in [-0.3, -0.25) is 9.59 Å². The van der Waals surface area contributed by atoms with Crippen LogP contribution in [-0.4, -0.2) is 31.5 Å². The first-order valence-corrected chi connectivity index (χ1v) is 8.27. The predicted octanol–water partition coefficient (Wildman–Crippen LogP) is 2.59. The standard InChI is InChI=1S/C17H18N2O5S/c1-4-24-17(22)12-9(2)13(14(18)20)25-16(12)19-15(21)10-7-5-6-8-11(10)23-3/h5-8H,4H2,1-3H3,(H2,18,20)(H,19,21). The van der Waals surface area contributed by atoms with Gasteiger partial charge in [-0.25, -0.2) is 4.79 Å². The summed E-state index contributed by atoms with van der Waals surface area (Å²) in [6.07, 6.45) is 0. The number of esters is 1. The highest BCUT2D eigenvalue weighted by Crippen LogP contribution is 2.34. The number of hydrogen-bond donors (Lipinski definition) is 2. The molecule has 2 aromatic rings. The molecule has 0 radical (unpaired) electrons. The number of thiophene rings is 1. The van der Waals surface area contributed by atoms with E-state index in [0.29, 0.717) is 16.9 Å². The van der Waals surface area contributed by atoms with Crippen molar-refractivity contribution in [3.8, 4) is 5.75 Å². The molecular formula is C17H18N2O5S. The third-order valence-corrected chi connectivity index (χ3v) is 4.65. The number of nitrogens with one attached hydrogen (secondary N) is 1. The summed E-state index contributed by atoms with van der Waals surface area (Å²) < 4.78 is 10.2. The molecule has 1 heterocycles. The summed E-state index contributed by atoms with van der Waals surface area (Å²) >= 11 is 0.937. The fourth-order valence-corrected chi connectivity index (χ4v) is 3.33.